The van der Waals surface area contributed by atoms with E-state index < -0.39 is 0 Å². The molecule has 154 valence electrons. The molecular weight excluding hydrogens is 400 g/mol. The van der Waals surface area contributed by atoms with Crippen LogP contribution in [0.4, 0.5) is 4.39 Å². The lowest BCUT2D eigenvalue weighted by molar-refractivity contribution is 0.284. The van der Waals surface area contributed by atoms with Gasteiger partial charge in [0.1, 0.15) is 12.4 Å². The van der Waals surface area contributed by atoms with Gasteiger partial charge in [-0.1, -0.05) is 49.4 Å². The minimum atomic E-state index is -0.355. The van der Waals surface area contributed by atoms with Crippen LogP contribution < -0.4 is 14.8 Å². The molecule has 2 aromatic rings. The van der Waals surface area contributed by atoms with Crippen LogP contribution in [0, 0.1) is 5.82 Å². The highest BCUT2D eigenvalue weighted by Crippen LogP contribution is 2.30. The van der Waals surface area contributed by atoms with E-state index in [0.29, 0.717) is 22.6 Å². The van der Waals surface area contributed by atoms with Crippen LogP contribution in [0.5, 0.6) is 11.5 Å². The molecule has 0 saturated heterocycles. The molecule has 0 bridgehead atoms. The maximum atomic E-state index is 13.2. The van der Waals surface area contributed by atoms with E-state index in [1.165, 1.54) is 56.2 Å². The molecular formula is C22H28Cl2FNO2. The molecule has 6 heteroatoms. The third-order valence-corrected chi connectivity index (χ3v) is 5.43. The smallest absolute Gasteiger partial charge is 0.161 e. The van der Waals surface area contributed by atoms with E-state index in [-0.39, 0.29) is 24.8 Å². The Bertz CT molecular complexity index is 749. The van der Waals surface area contributed by atoms with E-state index in [9.17, 15) is 4.39 Å². The fourth-order valence-electron chi connectivity index (χ4n) is 3.48. The number of ether oxygens (including phenoxy) is 2. The van der Waals surface area contributed by atoms with Gasteiger partial charge in [0.15, 0.2) is 11.5 Å². The summed E-state index contributed by atoms with van der Waals surface area (Å²) in [5.74, 6) is 0.983. The van der Waals surface area contributed by atoms with Crippen LogP contribution in [-0.2, 0) is 13.2 Å². The molecule has 1 aliphatic rings. The average Bonchev–Trinajstić information content (AvgIpc) is 2.95. The van der Waals surface area contributed by atoms with E-state index in [4.69, 9.17) is 21.1 Å². The molecule has 3 rings (SSSR count). The van der Waals surface area contributed by atoms with Crippen molar-refractivity contribution in [1.29, 1.82) is 0 Å². The van der Waals surface area contributed by atoms with Crippen LogP contribution in [0.15, 0.2) is 36.4 Å². The molecule has 3 nitrogen and oxygen atoms in total. The maximum Gasteiger partial charge on any atom is 0.161 e. The Hall–Kier alpha value is -1.49. The quantitative estimate of drug-likeness (QED) is 0.525. The number of nitrogens with one attached hydrogen (secondary N) is 1. The second-order valence-corrected chi connectivity index (χ2v) is 7.49. The zero-order valence-electron chi connectivity index (χ0n) is 16.2. The summed E-state index contributed by atoms with van der Waals surface area (Å²) < 4.78 is 24.5. The van der Waals surface area contributed by atoms with Gasteiger partial charge in [0.05, 0.1) is 12.1 Å². The van der Waals surface area contributed by atoms with Crippen LogP contribution in [-0.4, -0.2) is 13.2 Å². The Morgan fingerprint density at radius 1 is 1.04 bits per heavy atom. The summed E-state index contributed by atoms with van der Waals surface area (Å²) in [4.78, 5) is 0. The molecule has 1 fully saturated rings. The average molecular weight is 428 g/mol. The molecule has 0 unspecified atom stereocenters. The summed E-state index contributed by atoms with van der Waals surface area (Å²) in [7, 11) is 1.63. The van der Waals surface area contributed by atoms with E-state index in [2.05, 4.69) is 5.32 Å². The van der Waals surface area contributed by atoms with E-state index in [1.807, 2.05) is 18.2 Å². The normalized spacial score (nSPS) is 14.8. The van der Waals surface area contributed by atoms with Crippen molar-refractivity contribution in [2.24, 2.45) is 0 Å². The molecule has 1 aliphatic carbocycles. The number of methoxy groups -OCH3 is 1. The van der Waals surface area contributed by atoms with Crippen molar-refractivity contribution in [1.82, 2.24) is 5.32 Å². The lowest BCUT2D eigenvalue weighted by Crippen LogP contribution is -2.27. The molecule has 28 heavy (non-hydrogen) atoms. The predicted molar refractivity (Wildman–Crippen MR) is 114 cm³/mol. The minimum Gasteiger partial charge on any atom is -0.493 e. The van der Waals surface area contributed by atoms with Gasteiger partial charge < -0.3 is 14.8 Å². The van der Waals surface area contributed by atoms with Crippen molar-refractivity contribution < 1.29 is 13.9 Å². The van der Waals surface area contributed by atoms with E-state index in [0.717, 1.165) is 12.1 Å². The topological polar surface area (TPSA) is 30.5 Å². The van der Waals surface area contributed by atoms with Crippen LogP contribution >= 0.6 is 24.0 Å². The van der Waals surface area contributed by atoms with Gasteiger partial charge in [-0.3, -0.25) is 0 Å². The van der Waals surface area contributed by atoms with Gasteiger partial charge in [-0.15, -0.1) is 12.4 Å². The summed E-state index contributed by atoms with van der Waals surface area (Å²) in [6.45, 7) is 1.08. The minimum absolute atomic E-state index is 0. The first-order chi connectivity index (χ1) is 13.2. The molecule has 2 aromatic carbocycles. The van der Waals surface area contributed by atoms with E-state index >= 15 is 0 Å². The van der Waals surface area contributed by atoms with Gasteiger partial charge >= 0.3 is 0 Å². The molecule has 0 atom stereocenters. The molecule has 0 aliphatic heterocycles. The molecule has 0 radical (unpaired) electrons. The van der Waals surface area contributed by atoms with Crippen molar-refractivity contribution in [3.8, 4) is 11.5 Å². The Balaban J connectivity index is 0.00000280. The molecule has 0 amide bonds. The second kappa shape index (κ2) is 11.5. The predicted octanol–water partition coefficient (Wildman–Crippen LogP) is 6.30. The number of rotatable bonds is 7. The molecule has 1 saturated carbocycles. The van der Waals surface area contributed by atoms with Crippen LogP contribution in [0.1, 0.15) is 49.7 Å². The van der Waals surface area contributed by atoms with Crippen LogP contribution in [0.2, 0.25) is 5.02 Å². The van der Waals surface area contributed by atoms with Gasteiger partial charge in [-0.05, 0) is 42.7 Å². The highest BCUT2D eigenvalue weighted by Gasteiger charge is 2.13. The highest BCUT2D eigenvalue weighted by molar-refractivity contribution is 6.31. The number of halogens is 3. The first kappa shape index (κ1) is 22.8. The Kier molecular flexibility index (Phi) is 9.36. The first-order valence-electron chi connectivity index (χ1n) is 9.63. The highest BCUT2D eigenvalue weighted by atomic mass is 35.5. The zero-order valence-corrected chi connectivity index (χ0v) is 17.8. The van der Waals surface area contributed by atoms with Gasteiger partial charge in [0.25, 0.3) is 0 Å². The third kappa shape index (κ3) is 6.54. The Morgan fingerprint density at radius 3 is 2.46 bits per heavy atom. The van der Waals surface area contributed by atoms with Crippen molar-refractivity contribution in [2.45, 2.75) is 57.7 Å². The summed E-state index contributed by atoms with van der Waals surface area (Å²) in [5, 5.41) is 4.03. The van der Waals surface area contributed by atoms with Gasteiger partial charge in [-0.2, -0.15) is 0 Å². The largest absolute Gasteiger partial charge is 0.493 e. The second-order valence-electron chi connectivity index (χ2n) is 7.08. The fraction of sp³-hybridized carbons (Fsp3) is 0.455. The van der Waals surface area contributed by atoms with Crippen molar-refractivity contribution in [2.75, 3.05) is 7.11 Å². The summed E-state index contributed by atoms with van der Waals surface area (Å²) in [6, 6.07) is 10.9. The lowest BCUT2D eigenvalue weighted by Gasteiger charge is -2.17. The third-order valence-electron chi connectivity index (χ3n) is 5.08. The van der Waals surface area contributed by atoms with Crippen LogP contribution in [0.3, 0.4) is 0 Å². The zero-order chi connectivity index (χ0) is 19.1. The number of benzene rings is 2. The SMILES string of the molecule is COc1cc(CNC2CCCCCC2)ccc1OCc1ccc(F)cc1Cl.Cl. The van der Waals surface area contributed by atoms with Crippen molar-refractivity contribution in [3.63, 3.8) is 0 Å². The standard InChI is InChI=1S/C22H27ClFNO2.ClH/c1-26-22-12-16(14-25-19-6-4-2-3-5-7-19)8-11-21(22)27-15-17-9-10-18(24)13-20(17)23;/h8-13,19,25H,2-7,14-15H2,1H3;1H. The number of hydrogen-bond acceptors (Lipinski definition) is 3. The molecule has 0 spiro atoms. The van der Waals surface area contributed by atoms with Crippen molar-refractivity contribution in [3.05, 3.63) is 58.4 Å². The monoisotopic (exact) mass is 427 g/mol. The molecule has 0 aromatic heterocycles. The summed E-state index contributed by atoms with van der Waals surface area (Å²) in [5.41, 5.74) is 1.91. The molecule has 1 N–H and O–H groups in total. The lowest BCUT2D eigenvalue weighted by atomic mass is 10.1. The number of hydrogen-bond donors (Lipinski definition) is 1. The fourth-order valence-corrected chi connectivity index (χ4v) is 3.70. The summed E-state index contributed by atoms with van der Waals surface area (Å²) >= 11 is 6.06. The van der Waals surface area contributed by atoms with Gasteiger partial charge in [0, 0.05) is 18.2 Å². The Morgan fingerprint density at radius 2 is 1.79 bits per heavy atom. The van der Waals surface area contributed by atoms with Gasteiger partial charge in [0.2, 0.25) is 0 Å². The van der Waals surface area contributed by atoms with Crippen LogP contribution in [0.25, 0.3) is 0 Å². The Labute approximate surface area is 178 Å². The summed E-state index contributed by atoms with van der Waals surface area (Å²) in [6.07, 6.45) is 7.87. The molecule has 0 heterocycles. The maximum absolute atomic E-state index is 13.2. The van der Waals surface area contributed by atoms with Gasteiger partial charge in [-0.25, -0.2) is 4.39 Å². The van der Waals surface area contributed by atoms with E-state index in [1.54, 1.807) is 13.2 Å². The first-order valence-corrected chi connectivity index (χ1v) is 10.0. The van der Waals surface area contributed by atoms with Crippen molar-refractivity contribution >= 4 is 24.0 Å².